The zero-order valence-corrected chi connectivity index (χ0v) is 16.0. The van der Waals surface area contributed by atoms with Crippen LogP contribution in [0, 0.1) is 13.8 Å². The fourth-order valence-electron chi connectivity index (χ4n) is 2.68. The van der Waals surface area contributed by atoms with Gasteiger partial charge < -0.3 is 24.9 Å². The van der Waals surface area contributed by atoms with Crippen LogP contribution in [0.25, 0.3) is 0 Å². The molecule has 1 aromatic heterocycles. The number of guanidine groups is 1. The number of nitrogens with zero attached hydrogens (tertiary/aromatic N) is 1. The number of aryl methyl sites for hydroxylation is 2. The van der Waals surface area contributed by atoms with E-state index in [1.807, 2.05) is 57.2 Å². The Morgan fingerprint density at radius 1 is 1.23 bits per heavy atom. The summed E-state index contributed by atoms with van der Waals surface area (Å²) in [5.74, 6) is 2.98. The Kier molecular flexibility index (Phi) is 7.09. The molecule has 0 bridgehead atoms. The first-order valence-corrected chi connectivity index (χ1v) is 8.92. The number of aliphatic hydroxyl groups is 1. The molecule has 0 aliphatic carbocycles. The van der Waals surface area contributed by atoms with Gasteiger partial charge >= 0.3 is 0 Å². The summed E-state index contributed by atoms with van der Waals surface area (Å²) in [7, 11) is 0. The fraction of sp³-hybridized carbons (Fsp3) is 0.450. The number of hydrogen-bond donors (Lipinski definition) is 3. The summed E-state index contributed by atoms with van der Waals surface area (Å²) in [6.45, 7) is 9.55. The Hall–Kier alpha value is -2.47. The minimum absolute atomic E-state index is 0.224. The third-order valence-electron chi connectivity index (χ3n) is 3.92. The smallest absolute Gasteiger partial charge is 0.191 e. The van der Waals surface area contributed by atoms with Gasteiger partial charge in [0.25, 0.3) is 0 Å². The van der Waals surface area contributed by atoms with E-state index in [0.717, 1.165) is 29.4 Å². The van der Waals surface area contributed by atoms with Crippen molar-refractivity contribution in [3.05, 3.63) is 53.5 Å². The second kappa shape index (κ2) is 9.29. The maximum absolute atomic E-state index is 10.8. The first-order chi connectivity index (χ1) is 12.4. The molecule has 0 fully saturated rings. The molecule has 0 aliphatic heterocycles. The van der Waals surface area contributed by atoms with Gasteiger partial charge in [0, 0.05) is 12.1 Å². The maximum Gasteiger partial charge on any atom is 0.191 e. The molecule has 1 unspecified atom stereocenters. The predicted octanol–water partition coefficient (Wildman–Crippen LogP) is 2.74. The molecular formula is C20H29N3O3. The standard InChI is InChI=1S/C20H29N3O3/c1-5-21-19(22-11-12-25-17-9-7-6-8-10-17)23-14-20(4,24)18-13-15(2)26-16(18)3/h6-10,13,24H,5,11-12,14H2,1-4H3,(H2,21,22,23). The molecule has 6 heteroatoms. The topological polar surface area (TPSA) is 79.0 Å². The summed E-state index contributed by atoms with van der Waals surface area (Å²) in [4.78, 5) is 4.50. The van der Waals surface area contributed by atoms with E-state index in [1.165, 1.54) is 0 Å². The molecule has 0 saturated carbocycles. The van der Waals surface area contributed by atoms with E-state index in [9.17, 15) is 5.11 Å². The van der Waals surface area contributed by atoms with Crippen LogP contribution in [0.2, 0.25) is 0 Å². The van der Waals surface area contributed by atoms with Crippen molar-refractivity contribution in [3.8, 4) is 5.75 Å². The number of hydrogen-bond acceptors (Lipinski definition) is 4. The van der Waals surface area contributed by atoms with Gasteiger partial charge in [0.15, 0.2) is 5.96 Å². The predicted molar refractivity (Wildman–Crippen MR) is 104 cm³/mol. The van der Waals surface area contributed by atoms with Gasteiger partial charge in [0.1, 0.15) is 29.5 Å². The second-order valence-corrected chi connectivity index (χ2v) is 6.38. The Labute approximate surface area is 155 Å². The Bertz CT molecular complexity index is 708. The molecule has 2 rings (SSSR count). The molecule has 1 aromatic carbocycles. The highest BCUT2D eigenvalue weighted by molar-refractivity contribution is 5.79. The largest absolute Gasteiger partial charge is 0.492 e. The van der Waals surface area contributed by atoms with Gasteiger partial charge in [-0.3, -0.25) is 0 Å². The zero-order valence-electron chi connectivity index (χ0n) is 16.0. The van der Waals surface area contributed by atoms with Crippen molar-refractivity contribution in [2.24, 2.45) is 4.99 Å². The van der Waals surface area contributed by atoms with Crippen molar-refractivity contribution in [2.75, 3.05) is 26.2 Å². The van der Waals surface area contributed by atoms with Crippen LogP contribution >= 0.6 is 0 Å². The van der Waals surface area contributed by atoms with Crippen LogP contribution in [0.3, 0.4) is 0 Å². The van der Waals surface area contributed by atoms with E-state index in [-0.39, 0.29) is 6.54 Å². The van der Waals surface area contributed by atoms with E-state index in [0.29, 0.717) is 19.1 Å². The molecule has 2 aromatic rings. The van der Waals surface area contributed by atoms with Crippen LogP contribution in [0.5, 0.6) is 5.75 Å². The number of nitrogens with one attached hydrogen (secondary N) is 2. The third kappa shape index (κ3) is 5.81. The first-order valence-electron chi connectivity index (χ1n) is 8.92. The molecular weight excluding hydrogens is 330 g/mol. The van der Waals surface area contributed by atoms with Crippen molar-refractivity contribution in [1.29, 1.82) is 0 Å². The number of ether oxygens (including phenoxy) is 1. The maximum atomic E-state index is 10.8. The molecule has 0 aliphatic rings. The van der Waals surface area contributed by atoms with E-state index in [2.05, 4.69) is 15.6 Å². The zero-order chi connectivity index (χ0) is 19.0. The van der Waals surface area contributed by atoms with Gasteiger partial charge in [-0.1, -0.05) is 18.2 Å². The highest BCUT2D eigenvalue weighted by atomic mass is 16.5. The highest BCUT2D eigenvalue weighted by Crippen LogP contribution is 2.27. The molecule has 0 spiro atoms. The molecule has 1 atom stereocenters. The summed E-state index contributed by atoms with van der Waals surface area (Å²) >= 11 is 0. The molecule has 142 valence electrons. The minimum Gasteiger partial charge on any atom is -0.492 e. The van der Waals surface area contributed by atoms with Crippen LogP contribution in [0.1, 0.15) is 30.9 Å². The van der Waals surface area contributed by atoms with Crippen molar-refractivity contribution in [2.45, 2.75) is 33.3 Å². The van der Waals surface area contributed by atoms with Crippen LogP contribution in [-0.4, -0.2) is 37.3 Å². The molecule has 6 nitrogen and oxygen atoms in total. The van der Waals surface area contributed by atoms with Crippen molar-refractivity contribution in [1.82, 2.24) is 10.6 Å². The van der Waals surface area contributed by atoms with Crippen molar-refractivity contribution >= 4 is 5.96 Å². The van der Waals surface area contributed by atoms with Gasteiger partial charge in [0.05, 0.1) is 13.1 Å². The number of para-hydroxylation sites is 1. The Balaban J connectivity index is 1.90. The van der Waals surface area contributed by atoms with Crippen molar-refractivity contribution in [3.63, 3.8) is 0 Å². The van der Waals surface area contributed by atoms with E-state index >= 15 is 0 Å². The van der Waals surface area contributed by atoms with Gasteiger partial charge in [-0.25, -0.2) is 4.99 Å². The first kappa shape index (κ1) is 19.8. The molecule has 0 radical (unpaired) electrons. The fourth-order valence-corrected chi connectivity index (χ4v) is 2.68. The number of aliphatic imine (C=N–C) groups is 1. The lowest BCUT2D eigenvalue weighted by Gasteiger charge is -2.21. The van der Waals surface area contributed by atoms with Gasteiger partial charge in [-0.15, -0.1) is 0 Å². The Morgan fingerprint density at radius 3 is 2.58 bits per heavy atom. The lowest BCUT2D eigenvalue weighted by atomic mass is 9.96. The average molecular weight is 359 g/mol. The summed E-state index contributed by atoms with van der Waals surface area (Å²) in [5.41, 5.74) is -0.327. The lowest BCUT2D eigenvalue weighted by molar-refractivity contribution is 0.0657. The van der Waals surface area contributed by atoms with E-state index in [1.54, 1.807) is 6.92 Å². The highest BCUT2D eigenvalue weighted by Gasteiger charge is 2.27. The van der Waals surface area contributed by atoms with Crippen LogP contribution in [0.4, 0.5) is 0 Å². The summed E-state index contributed by atoms with van der Waals surface area (Å²) in [6, 6.07) is 11.5. The lowest BCUT2D eigenvalue weighted by Crippen LogP contribution is -2.40. The molecule has 0 saturated heterocycles. The van der Waals surface area contributed by atoms with Crippen molar-refractivity contribution < 1.29 is 14.3 Å². The van der Waals surface area contributed by atoms with Gasteiger partial charge in [-0.2, -0.15) is 0 Å². The molecule has 3 N–H and O–H groups in total. The van der Waals surface area contributed by atoms with E-state index < -0.39 is 5.60 Å². The summed E-state index contributed by atoms with van der Waals surface area (Å²) < 4.78 is 11.2. The molecule has 26 heavy (non-hydrogen) atoms. The quantitative estimate of drug-likeness (QED) is 0.384. The second-order valence-electron chi connectivity index (χ2n) is 6.38. The van der Waals surface area contributed by atoms with Crippen LogP contribution in [-0.2, 0) is 5.60 Å². The van der Waals surface area contributed by atoms with Crippen LogP contribution in [0.15, 0.2) is 45.8 Å². The average Bonchev–Trinajstić information content (AvgIpc) is 2.96. The van der Waals surface area contributed by atoms with E-state index in [4.69, 9.17) is 9.15 Å². The van der Waals surface area contributed by atoms with Gasteiger partial charge in [0.2, 0.25) is 0 Å². The normalized spacial score (nSPS) is 14.0. The number of benzene rings is 1. The van der Waals surface area contributed by atoms with Gasteiger partial charge in [-0.05, 0) is 45.9 Å². The molecule has 0 amide bonds. The minimum atomic E-state index is -1.09. The summed E-state index contributed by atoms with van der Waals surface area (Å²) in [5, 5.41) is 17.2. The van der Waals surface area contributed by atoms with Crippen LogP contribution < -0.4 is 15.4 Å². The third-order valence-corrected chi connectivity index (χ3v) is 3.92. The number of furan rings is 1. The number of rotatable bonds is 8. The molecule has 1 heterocycles. The SMILES string of the molecule is CCNC(=NCC(C)(O)c1cc(C)oc1C)NCCOc1ccccc1. The Morgan fingerprint density at radius 2 is 1.96 bits per heavy atom. The summed E-state index contributed by atoms with van der Waals surface area (Å²) in [6.07, 6.45) is 0. The monoisotopic (exact) mass is 359 g/mol.